The normalized spacial score (nSPS) is 11.4. The maximum absolute atomic E-state index is 13.6. The quantitative estimate of drug-likeness (QED) is 0.523. The van der Waals surface area contributed by atoms with E-state index in [4.69, 9.17) is 0 Å². The Labute approximate surface area is 176 Å². The third kappa shape index (κ3) is 5.19. The summed E-state index contributed by atoms with van der Waals surface area (Å²) in [4.78, 5) is 22.0. The number of fused-ring (bicyclic) bond motifs is 1. The summed E-state index contributed by atoms with van der Waals surface area (Å²) in [6.45, 7) is 11.5. The van der Waals surface area contributed by atoms with Gasteiger partial charge >= 0.3 is 0 Å². The Morgan fingerprint density at radius 2 is 1.83 bits per heavy atom. The van der Waals surface area contributed by atoms with Crippen molar-refractivity contribution in [1.82, 2.24) is 9.88 Å². The van der Waals surface area contributed by atoms with Crippen LogP contribution in [0.2, 0.25) is 0 Å². The van der Waals surface area contributed by atoms with Gasteiger partial charge in [-0.3, -0.25) is 9.69 Å². The SMILES string of the molecule is CCN(CC)CCN(C(=O)Cc1ccc(C)cc1C)c1nc2ccc(F)cc2s1. The molecule has 0 saturated carbocycles. The van der Waals surface area contributed by atoms with E-state index in [1.54, 1.807) is 11.0 Å². The Bertz CT molecular complexity index is 997. The van der Waals surface area contributed by atoms with Crippen LogP contribution in [0.15, 0.2) is 36.4 Å². The largest absolute Gasteiger partial charge is 0.302 e. The van der Waals surface area contributed by atoms with Crippen molar-refractivity contribution >= 4 is 32.6 Å². The van der Waals surface area contributed by atoms with Crippen molar-refractivity contribution in [1.29, 1.82) is 0 Å². The highest BCUT2D eigenvalue weighted by atomic mass is 32.1. The van der Waals surface area contributed by atoms with E-state index >= 15 is 0 Å². The van der Waals surface area contributed by atoms with Crippen molar-refractivity contribution in [3.63, 3.8) is 0 Å². The number of rotatable bonds is 8. The molecular weight excluding hydrogens is 385 g/mol. The lowest BCUT2D eigenvalue weighted by molar-refractivity contribution is -0.118. The first-order valence-corrected chi connectivity index (χ1v) is 10.9. The third-order valence-corrected chi connectivity index (χ3v) is 6.29. The number of carbonyl (C=O) groups excluding carboxylic acids is 1. The lowest BCUT2D eigenvalue weighted by atomic mass is 10.0. The number of hydrogen-bond donors (Lipinski definition) is 0. The molecule has 154 valence electrons. The molecule has 1 heterocycles. The molecule has 1 amide bonds. The van der Waals surface area contributed by atoms with Gasteiger partial charge in [-0.15, -0.1) is 0 Å². The molecule has 0 atom stereocenters. The molecule has 0 N–H and O–H groups in total. The van der Waals surface area contributed by atoms with Crippen molar-refractivity contribution in [2.75, 3.05) is 31.1 Å². The molecule has 0 aliphatic rings. The molecule has 0 spiro atoms. The van der Waals surface area contributed by atoms with Crippen LogP contribution in [0.5, 0.6) is 0 Å². The number of halogens is 1. The Morgan fingerprint density at radius 1 is 1.07 bits per heavy atom. The molecule has 0 saturated heterocycles. The lowest BCUT2D eigenvalue weighted by Crippen LogP contribution is -2.39. The molecule has 0 unspecified atom stereocenters. The Balaban J connectivity index is 1.89. The summed E-state index contributed by atoms with van der Waals surface area (Å²) < 4.78 is 14.4. The van der Waals surface area contributed by atoms with E-state index in [0.717, 1.165) is 41.0 Å². The molecule has 4 nitrogen and oxygen atoms in total. The minimum absolute atomic E-state index is 0.0173. The van der Waals surface area contributed by atoms with Crippen LogP contribution in [0.4, 0.5) is 9.52 Å². The minimum atomic E-state index is -0.288. The minimum Gasteiger partial charge on any atom is -0.302 e. The summed E-state index contributed by atoms with van der Waals surface area (Å²) in [5.41, 5.74) is 4.05. The van der Waals surface area contributed by atoms with E-state index in [2.05, 4.69) is 36.7 Å². The summed E-state index contributed by atoms with van der Waals surface area (Å²) in [6, 6.07) is 10.7. The monoisotopic (exact) mass is 413 g/mol. The van der Waals surface area contributed by atoms with E-state index in [9.17, 15) is 9.18 Å². The smallest absolute Gasteiger partial charge is 0.233 e. The highest BCUT2D eigenvalue weighted by molar-refractivity contribution is 7.22. The second kappa shape index (κ2) is 9.46. The zero-order valence-electron chi connectivity index (χ0n) is 17.5. The number of thiazole rings is 1. The second-order valence-electron chi connectivity index (χ2n) is 7.29. The van der Waals surface area contributed by atoms with Crippen molar-refractivity contribution in [3.05, 3.63) is 58.9 Å². The van der Waals surface area contributed by atoms with Crippen molar-refractivity contribution < 1.29 is 9.18 Å². The summed E-state index contributed by atoms with van der Waals surface area (Å²) in [6.07, 6.45) is 0.328. The lowest BCUT2D eigenvalue weighted by Gasteiger charge is -2.25. The number of hydrogen-bond acceptors (Lipinski definition) is 4. The first-order chi connectivity index (χ1) is 13.9. The Hall–Kier alpha value is -2.31. The third-order valence-electron chi connectivity index (χ3n) is 5.25. The fourth-order valence-electron chi connectivity index (χ4n) is 3.41. The van der Waals surface area contributed by atoms with E-state index in [1.807, 2.05) is 19.1 Å². The number of aryl methyl sites for hydroxylation is 2. The van der Waals surface area contributed by atoms with Gasteiger partial charge in [-0.2, -0.15) is 0 Å². The number of nitrogens with zero attached hydrogens (tertiary/aromatic N) is 3. The molecular formula is C23H28FN3OS. The molecule has 3 aromatic rings. The van der Waals surface area contributed by atoms with Gasteiger partial charge in [0, 0.05) is 13.1 Å². The molecule has 0 radical (unpaired) electrons. The van der Waals surface area contributed by atoms with Gasteiger partial charge in [0.2, 0.25) is 5.91 Å². The van der Waals surface area contributed by atoms with E-state index < -0.39 is 0 Å². The maximum atomic E-state index is 13.6. The van der Waals surface area contributed by atoms with Gasteiger partial charge in [-0.25, -0.2) is 9.37 Å². The van der Waals surface area contributed by atoms with Crippen LogP contribution in [-0.2, 0) is 11.2 Å². The summed E-state index contributed by atoms with van der Waals surface area (Å²) >= 11 is 1.37. The van der Waals surface area contributed by atoms with Crippen LogP contribution in [0, 0.1) is 19.7 Å². The van der Waals surface area contributed by atoms with Crippen LogP contribution in [0.3, 0.4) is 0 Å². The molecule has 0 bridgehead atoms. The summed E-state index contributed by atoms with van der Waals surface area (Å²) in [7, 11) is 0. The highest BCUT2D eigenvalue weighted by Crippen LogP contribution is 2.30. The number of carbonyl (C=O) groups is 1. The van der Waals surface area contributed by atoms with Crippen molar-refractivity contribution in [2.24, 2.45) is 0 Å². The van der Waals surface area contributed by atoms with E-state index in [-0.39, 0.29) is 11.7 Å². The summed E-state index contributed by atoms with van der Waals surface area (Å²) in [5, 5.41) is 0.632. The fraction of sp³-hybridized carbons (Fsp3) is 0.391. The van der Waals surface area contributed by atoms with Gasteiger partial charge in [-0.05, 0) is 56.3 Å². The predicted octanol–water partition coefficient (Wildman–Crippen LogP) is 4.97. The first-order valence-electron chi connectivity index (χ1n) is 10.1. The molecule has 3 rings (SSSR count). The van der Waals surface area contributed by atoms with Gasteiger partial charge in [0.25, 0.3) is 0 Å². The molecule has 29 heavy (non-hydrogen) atoms. The number of benzene rings is 2. The first kappa shape index (κ1) is 21.4. The standard InChI is InChI=1S/C23H28FN3OS/c1-5-26(6-2)11-12-27(22(28)14-18-8-7-16(3)13-17(18)4)23-25-20-10-9-19(24)15-21(20)29-23/h7-10,13,15H,5-6,11-12,14H2,1-4H3. The van der Waals surface area contributed by atoms with Gasteiger partial charge in [0.1, 0.15) is 5.82 Å². The number of aromatic nitrogens is 1. The Kier molecular flexibility index (Phi) is 6.98. The van der Waals surface area contributed by atoms with Crippen molar-refractivity contribution in [3.8, 4) is 0 Å². The fourth-order valence-corrected chi connectivity index (χ4v) is 4.45. The van der Waals surface area contributed by atoms with E-state index in [1.165, 1.54) is 29.0 Å². The average molecular weight is 414 g/mol. The van der Waals surface area contributed by atoms with Crippen molar-refractivity contribution in [2.45, 2.75) is 34.1 Å². The molecule has 0 fully saturated rings. The average Bonchev–Trinajstić information content (AvgIpc) is 3.10. The predicted molar refractivity (Wildman–Crippen MR) is 119 cm³/mol. The number of amides is 1. The molecule has 0 aliphatic carbocycles. The van der Waals surface area contributed by atoms with Gasteiger partial charge in [0.15, 0.2) is 5.13 Å². The van der Waals surface area contributed by atoms with Crippen LogP contribution in [-0.4, -0.2) is 42.0 Å². The van der Waals surface area contributed by atoms with Gasteiger partial charge in [-0.1, -0.05) is 48.9 Å². The Morgan fingerprint density at radius 3 is 2.52 bits per heavy atom. The van der Waals surface area contributed by atoms with Gasteiger partial charge < -0.3 is 4.90 Å². The summed E-state index contributed by atoms with van der Waals surface area (Å²) in [5.74, 6) is -0.271. The van der Waals surface area contributed by atoms with Crippen LogP contribution in [0.1, 0.15) is 30.5 Å². The molecule has 6 heteroatoms. The van der Waals surface area contributed by atoms with Gasteiger partial charge in [0.05, 0.1) is 16.6 Å². The molecule has 1 aromatic heterocycles. The molecule has 0 aliphatic heterocycles. The zero-order valence-corrected chi connectivity index (χ0v) is 18.4. The topological polar surface area (TPSA) is 36.4 Å². The number of likely N-dealkylation sites (N-methyl/N-ethyl adjacent to an activating group) is 1. The van der Waals surface area contributed by atoms with Crippen LogP contribution >= 0.6 is 11.3 Å². The van der Waals surface area contributed by atoms with E-state index in [0.29, 0.717) is 18.1 Å². The maximum Gasteiger partial charge on any atom is 0.233 e. The zero-order chi connectivity index (χ0) is 21.0. The second-order valence-corrected chi connectivity index (χ2v) is 8.30. The molecule has 2 aromatic carbocycles. The highest BCUT2D eigenvalue weighted by Gasteiger charge is 2.21. The number of anilines is 1. The van der Waals surface area contributed by atoms with Crippen LogP contribution < -0.4 is 4.90 Å². The van der Waals surface area contributed by atoms with Crippen LogP contribution in [0.25, 0.3) is 10.2 Å².